The molecule has 7 heteroatoms. The number of benzene rings is 1. The van der Waals surface area contributed by atoms with Gasteiger partial charge in [-0.15, -0.1) is 0 Å². The Hall–Kier alpha value is -1.60. The van der Waals surface area contributed by atoms with E-state index in [-0.39, 0.29) is 22.6 Å². The number of aldehydes is 1. The van der Waals surface area contributed by atoms with Crippen molar-refractivity contribution in [1.82, 2.24) is 0 Å². The predicted octanol–water partition coefficient (Wildman–Crippen LogP) is 1.36. The van der Waals surface area contributed by atoms with Gasteiger partial charge in [-0.25, -0.2) is 0 Å². The van der Waals surface area contributed by atoms with Crippen molar-refractivity contribution in [2.75, 3.05) is 14.2 Å². The monoisotopic (exact) mass is 317 g/mol. The fraction of sp³-hybridized carbons (Fsp3) is 0.273. The van der Waals surface area contributed by atoms with Gasteiger partial charge in [-0.3, -0.25) is 9.59 Å². The summed E-state index contributed by atoms with van der Waals surface area (Å²) < 4.78 is 10.5. The third kappa shape index (κ3) is 2.46. The van der Waals surface area contributed by atoms with Gasteiger partial charge in [0.05, 0.1) is 19.8 Å². The number of carboxylic acid groups (broad SMARTS) is 1. The van der Waals surface area contributed by atoms with Crippen LogP contribution >= 0.6 is 15.9 Å². The second kappa shape index (κ2) is 5.83. The maximum absolute atomic E-state index is 11.0. The second-order valence-electron chi connectivity index (χ2n) is 3.36. The van der Waals surface area contributed by atoms with Crippen LogP contribution in [-0.4, -0.2) is 31.6 Å². The van der Waals surface area contributed by atoms with Crippen molar-refractivity contribution in [1.29, 1.82) is 0 Å². The molecule has 0 aliphatic rings. The Morgan fingerprint density at radius 1 is 1.44 bits per heavy atom. The first kappa shape index (κ1) is 14.5. The molecule has 0 amide bonds. The standard InChI is InChI=1S/C11H12BrNO5/c1-17-9-5(4-14)3-6(12)7(10(9)18-2)8(13)11(15)16/h3-4,8H,13H2,1-2H3,(H,15,16). The van der Waals surface area contributed by atoms with Crippen molar-refractivity contribution in [3.8, 4) is 11.5 Å². The molecule has 3 N–H and O–H groups in total. The van der Waals surface area contributed by atoms with E-state index >= 15 is 0 Å². The number of hydrogen-bond donors (Lipinski definition) is 2. The van der Waals surface area contributed by atoms with Crippen LogP contribution in [0.1, 0.15) is 22.0 Å². The predicted molar refractivity (Wildman–Crippen MR) is 67.2 cm³/mol. The minimum Gasteiger partial charge on any atom is -0.492 e. The van der Waals surface area contributed by atoms with Crippen molar-refractivity contribution in [3.05, 3.63) is 21.7 Å². The molecule has 98 valence electrons. The normalized spacial score (nSPS) is 11.8. The molecule has 0 saturated carbocycles. The molecule has 0 fully saturated rings. The molecule has 1 atom stereocenters. The summed E-state index contributed by atoms with van der Waals surface area (Å²) >= 11 is 3.17. The molecular formula is C11H12BrNO5. The van der Waals surface area contributed by atoms with E-state index in [0.29, 0.717) is 10.8 Å². The van der Waals surface area contributed by atoms with Crippen LogP contribution in [0.5, 0.6) is 11.5 Å². The molecule has 1 unspecified atom stereocenters. The second-order valence-corrected chi connectivity index (χ2v) is 4.22. The molecule has 0 radical (unpaired) electrons. The van der Waals surface area contributed by atoms with E-state index in [0.717, 1.165) is 0 Å². The van der Waals surface area contributed by atoms with Crippen molar-refractivity contribution in [2.45, 2.75) is 6.04 Å². The van der Waals surface area contributed by atoms with Crippen molar-refractivity contribution < 1.29 is 24.2 Å². The summed E-state index contributed by atoms with van der Waals surface area (Å²) in [5.74, 6) is -0.929. The zero-order chi connectivity index (χ0) is 13.9. The van der Waals surface area contributed by atoms with Gasteiger partial charge in [0.1, 0.15) is 6.04 Å². The van der Waals surface area contributed by atoms with Crippen LogP contribution < -0.4 is 15.2 Å². The Morgan fingerprint density at radius 2 is 2.00 bits per heavy atom. The maximum Gasteiger partial charge on any atom is 0.325 e. The van der Waals surface area contributed by atoms with Crippen LogP contribution in [-0.2, 0) is 4.79 Å². The molecule has 1 rings (SSSR count). The maximum atomic E-state index is 11.0. The Bertz CT molecular complexity index is 489. The number of rotatable bonds is 5. The van der Waals surface area contributed by atoms with E-state index in [4.69, 9.17) is 20.3 Å². The SMILES string of the molecule is COc1c(C=O)cc(Br)c(C(N)C(=O)O)c1OC. The number of nitrogens with two attached hydrogens (primary N) is 1. The quantitative estimate of drug-likeness (QED) is 0.796. The first-order valence-corrected chi connectivity index (χ1v) is 5.65. The molecule has 18 heavy (non-hydrogen) atoms. The highest BCUT2D eigenvalue weighted by Crippen LogP contribution is 2.41. The van der Waals surface area contributed by atoms with Crippen LogP contribution in [0.15, 0.2) is 10.5 Å². The average Bonchev–Trinajstić information content (AvgIpc) is 2.36. The summed E-state index contributed by atoms with van der Waals surface area (Å²) in [6.07, 6.45) is 0.586. The van der Waals surface area contributed by atoms with Crippen LogP contribution in [0.2, 0.25) is 0 Å². The molecule has 1 aromatic carbocycles. The summed E-state index contributed by atoms with van der Waals surface area (Å²) in [4.78, 5) is 21.9. The molecular weight excluding hydrogens is 306 g/mol. The van der Waals surface area contributed by atoms with Crippen molar-refractivity contribution >= 4 is 28.2 Å². The zero-order valence-electron chi connectivity index (χ0n) is 9.77. The molecule has 0 aromatic heterocycles. The number of methoxy groups -OCH3 is 2. The van der Waals surface area contributed by atoms with Crippen LogP contribution in [0.4, 0.5) is 0 Å². The van der Waals surface area contributed by atoms with Gasteiger partial charge in [-0.2, -0.15) is 0 Å². The summed E-state index contributed by atoms with van der Waals surface area (Å²) in [6.45, 7) is 0. The average molecular weight is 318 g/mol. The third-order valence-corrected chi connectivity index (χ3v) is 3.02. The van der Waals surface area contributed by atoms with E-state index < -0.39 is 12.0 Å². The van der Waals surface area contributed by atoms with Gasteiger partial charge in [0.2, 0.25) is 0 Å². The molecule has 0 heterocycles. The highest BCUT2D eigenvalue weighted by atomic mass is 79.9. The Kier molecular flexibility index (Phi) is 4.69. The fourth-order valence-electron chi connectivity index (χ4n) is 1.56. The number of carbonyl (C=O) groups is 2. The van der Waals surface area contributed by atoms with Gasteiger partial charge in [0.15, 0.2) is 17.8 Å². The fourth-order valence-corrected chi connectivity index (χ4v) is 2.23. The Balaban J connectivity index is 3.60. The Morgan fingerprint density at radius 3 is 2.39 bits per heavy atom. The van der Waals surface area contributed by atoms with Gasteiger partial charge in [0.25, 0.3) is 0 Å². The highest BCUT2D eigenvalue weighted by Gasteiger charge is 2.26. The number of ether oxygens (including phenoxy) is 2. The molecule has 0 saturated heterocycles. The third-order valence-electron chi connectivity index (χ3n) is 2.36. The lowest BCUT2D eigenvalue weighted by atomic mass is 10.0. The number of carbonyl (C=O) groups excluding carboxylic acids is 1. The topological polar surface area (TPSA) is 98.9 Å². The number of halogens is 1. The summed E-state index contributed by atoms with van der Waals surface area (Å²) in [6, 6.07) is 0.149. The largest absolute Gasteiger partial charge is 0.492 e. The number of aliphatic carboxylic acids is 1. The van der Waals surface area contributed by atoms with Crippen LogP contribution in [0, 0.1) is 0 Å². The molecule has 0 aliphatic carbocycles. The van der Waals surface area contributed by atoms with E-state index in [1.54, 1.807) is 0 Å². The van der Waals surface area contributed by atoms with E-state index in [1.165, 1.54) is 20.3 Å². The van der Waals surface area contributed by atoms with E-state index in [2.05, 4.69) is 15.9 Å². The molecule has 0 aliphatic heterocycles. The summed E-state index contributed by atoms with van der Waals surface area (Å²) in [5.41, 5.74) is 6.03. The van der Waals surface area contributed by atoms with Crippen molar-refractivity contribution in [3.63, 3.8) is 0 Å². The number of carboxylic acids is 1. The molecule has 0 bridgehead atoms. The summed E-state index contributed by atoms with van der Waals surface area (Å²) in [5, 5.41) is 8.96. The molecule has 6 nitrogen and oxygen atoms in total. The van der Waals surface area contributed by atoms with Gasteiger partial charge < -0.3 is 20.3 Å². The van der Waals surface area contributed by atoms with E-state index in [9.17, 15) is 9.59 Å². The minimum atomic E-state index is -1.29. The van der Waals surface area contributed by atoms with Gasteiger partial charge >= 0.3 is 5.97 Å². The van der Waals surface area contributed by atoms with Gasteiger partial charge in [0, 0.05) is 10.0 Å². The highest BCUT2D eigenvalue weighted by molar-refractivity contribution is 9.10. The van der Waals surface area contributed by atoms with Crippen LogP contribution in [0.25, 0.3) is 0 Å². The van der Waals surface area contributed by atoms with Crippen molar-refractivity contribution in [2.24, 2.45) is 5.73 Å². The zero-order valence-corrected chi connectivity index (χ0v) is 11.4. The first-order chi connectivity index (χ1) is 8.47. The lowest BCUT2D eigenvalue weighted by Gasteiger charge is -2.18. The lowest BCUT2D eigenvalue weighted by Crippen LogP contribution is -2.22. The summed E-state index contributed by atoms with van der Waals surface area (Å²) in [7, 11) is 2.70. The van der Waals surface area contributed by atoms with Gasteiger partial charge in [-0.05, 0) is 6.07 Å². The molecule has 1 aromatic rings. The molecule has 0 spiro atoms. The lowest BCUT2D eigenvalue weighted by molar-refractivity contribution is -0.138. The van der Waals surface area contributed by atoms with Gasteiger partial charge in [-0.1, -0.05) is 15.9 Å². The minimum absolute atomic E-state index is 0.129. The van der Waals surface area contributed by atoms with Crippen LogP contribution in [0.3, 0.4) is 0 Å². The first-order valence-electron chi connectivity index (χ1n) is 4.85. The number of hydrogen-bond acceptors (Lipinski definition) is 5. The Labute approximate surface area is 112 Å². The van der Waals surface area contributed by atoms with E-state index in [1.807, 2.05) is 0 Å². The smallest absolute Gasteiger partial charge is 0.325 e.